The Morgan fingerprint density at radius 3 is 1.39 bits per heavy atom. The second-order valence-electron chi connectivity index (χ2n) is 28.4. The van der Waals surface area contributed by atoms with Gasteiger partial charge in [0, 0.05) is 83.4 Å². The maximum atomic E-state index is 12.4. The van der Waals surface area contributed by atoms with Crippen molar-refractivity contribution in [2.45, 2.75) is 221 Å². The highest BCUT2D eigenvalue weighted by Crippen LogP contribution is 2.54. The molecule has 8 heterocycles. The van der Waals surface area contributed by atoms with Gasteiger partial charge in [-0.1, -0.05) is 78.7 Å². The first-order valence-electron chi connectivity index (χ1n) is 34.5. The topological polar surface area (TPSA) is 157 Å². The number of nitrogens with zero attached hydrogens (tertiary/aromatic N) is 6. The Morgan fingerprint density at radius 2 is 0.944 bits per heavy atom. The molecule has 16 heteroatoms. The number of likely N-dealkylation sites (tertiary alicyclic amines) is 4. The molecule has 3 spiro atoms. The zero-order valence-electron chi connectivity index (χ0n) is 53.8. The minimum atomic E-state index is -0.287. The number of aryl methyl sites for hydroxylation is 1. The number of fused-ring (bicyclic) bond motifs is 10. The summed E-state index contributed by atoms with van der Waals surface area (Å²) in [6.07, 6.45) is 27.5. The highest BCUT2D eigenvalue weighted by Gasteiger charge is 2.52. The second kappa shape index (κ2) is 27.4. The summed E-state index contributed by atoms with van der Waals surface area (Å²) >= 11 is 0. The van der Waals surface area contributed by atoms with Gasteiger partial charge < -0.3 is 54.2 Å². The van der Waals surface area contributed by atoms with Crippen LogP contribution < -0.4 is 10.6 Å². The predicted molar refractivity (Wildman–Crippen MR) is 348 cm³/mol. The molecular formula is C73H104N8O8. The molecule has 8 aliphatic heterocycles. The van der Waals surface area contributed by atoms with Crippen molar-refractivity contribution in [3.05, 3.63) is 106 Å². The van der Waals surface area contributed by atoms with Crippen molar-refractivity contribution in [3.8, 4) is 12.3 Å². The van der Waals surface area contributed by atoms with Crippen molar-refractivity contribution in [1.82, 2.24) is 40.0 Å². The van der Waals surface area contributed by atoms with Crippen LogP contribution in [0.15, 0.2) is 72.8 Å². The summed E-state index contributed by atoms with van der Waals surface area (Å²) in [4.78, 5) is 74.1. The summed E-state index contributed by atoms with van der Waals surface area (Å²) in [7, 11) is 0. The molecule has 3 aliphatic carbocycles. The first-order valence-corrected chi connectivity index (χ1v) is 34.5. The molecule has 16 nitrogen and oxygen atoms in total. The second-order valence-corrected chi connectivity index (χ2v) is 28.4. The summed E-state index contributed by atoms with van der Waals surface area (Å²) in [6, 6.07) is 29.5. The number of nitrogens with one attached hydrogen (secondary N) is 2. The maximum absolute atomic E-state index is 12.4. The third-order valence-electron chi connectivity index (χ3n) is 23.6. The molecule has 8 saturated heterocycles. The lowest BCUT2D eigenvalue weighted by Gasteiger charge is -2.47. The number of amides is 5. The quantitative estimate of drug-likeness (QED) is 0.155. The van der Waals surface area contributed by atoms with Crippen LogP contribution in [0.3, 0.4) is 0 Å². The van der Waals surface area contributed by atoms with E-state index in [2.05, 4.69) is 109 Å². The van der Waals surface area contributed by atoms with Crippen LogP contribution in [0.2, 0.25) is 0 Å². The van der Waals surface area contributed by atoms with E-state index >= 15 is 0 Å². The lowest BCUT2D eigenvalue weighted by atomic mass is 9.73. The molecule has 5 amide bonds. The van der Waals surface area contributed by atoms with Gasteiger partial charge in [-0.05, 0) is 226 Å². The van der Waals surface area contributed by atoms with E-state index in [0.717, 1.165) is 149 Å². The highest BCUT2D eigenvalue weighted by atomic mass is 16.6. The van der Waals surface area contributed by atoms with E-state index in [4.69, 9.17) is 20.6 Å². The number of rotatable bonds is 9. The van der Waals surface area contributed by atoms with Gasteiger partial charge in [0.2, 0.25) is 11.8 Å². The van der Waals surface area contributed by atoms with E-state index in [0.29, 0.717) is 60.8 Å². The van der Waals surface area contributed by atoms with E-state index in [1.54, 1.807) is 29.9 Å². The molecule has 0 aromatic heterocycles. The van der Waals surface area contributed by atoms with Crippen molar-refractivity contribution >= 4 is 30.1 Å². The molecule has 0 radical (unpaired) electrons. The molecule has 6 atom stereocenters. The van der Waals surface area contributed by atoms with Gasteiger partial charge in [-0.2, -0.15) is 0 Å². The predicted octanol–water partition coefficient (Wildman–Crippen LogP) is 11.4. The van der Waals surface area contributed by atoms with Crippen molar-refractivity contribution in [1.29, 1.82) is 0 Å². The fourth-order valence-electron chi connectivity index (χ4n) is 19.3. The molecule has 4 bridgehead atoms. The molecule has 4 unspecified atom stereocenters. The number of hydrogen-bond acceptors (Lipinski definition) is 11. The average molecular weight is 1220 g/mol. The Balaban J connectivity index is 0.000000149. The summed E-state index contributed by atoms with van der Waals surface area (Å²) in [5.41, 5.74) is 9.54. The zero-order valence-corrected chi connectivity index (χ0v) is 53.8. The first kappa shape index (κ1) is 63.0. The lowest BCUT2D eigenvalue weighted by molar-refractivity contribution is -0.120. The summed E-state index contributed by atoms with van der Waals surface area (Å²) < 4.78 is 15.7. The standard InChI is InChI=1S/C25H35N3O3.C25H33N3O3.C23H32N2O2.2H2/c1-3-31-24(30)28-18-8-9-19(28)15-20(14-18)27-12-10-25(11-13-27)16-23(26-17(2)29)21-6-4-5-7-22(21)25;1-3-16-31-24(30)28-12-8-20(9-13-28)18-27-14-10-25(11-15-27)17-23(26-19(2)29)21-6-4-5-7-22(21)25;1-2-27-22(26)25-18-7-8-19(25)16-20(15-18)24-13-11-23(12-14-24)10-9-17-5-3-4-6-21(17)23;;/h4-7,18-20,23H,3,8-16H2,1-2H3,(H,26,29);1,4-7,20,23H,8-18H2,2H3,(H,26,29);3-6,18-20H,2,7-16H2,1H3;2*1H/t18?,19?,20?,23-;23-;;;/m00.../s1. The SMILES string of the molecule is C#CCOC(=O)N1CCC(CN2CCC3(CC2)C[C@H](NC(C)=O)c2ccccc23)CC1.CCOC(=O)N1C2CCC1CC(N1CCC3(CC1)C[C@H](NC(C)=O)c1ccccc13)C2.CCOC(=O)N1C2CCC1CC(N1CCC3(CCc4ccccc43)CC1)C2.[HH].[HH]. The van der Waals surface area contributed by atoms with Crippen molar-refractivity contribution in [2.24, 2.45) is 5.92 Å². The Kier molecular flexibility index (Phi) is 19.4. The molecule has 89 heavy (non-hydrogen) atoms. The van der Waals surface area contributed by atoms with Gasteiger partial charge in [0.05, 0.1) is 25.3 Å². The van der Waals surface area contributed by atoms with Crippen LogP contribution in [-0.4, -0.2) is 174 Å². The number of carbonyl (C=O) groups is 5. The number of piperidine rings is 6. The van der Waals surface area contributed by atoms with E-state index < -0.39 is 0 Å². The van der Waals surface area contributed by atoms with Gasteiger partial charge in [-0.25, -0.2) is 14.4 Å². The van der Waals surface area contributed by atoms with Crippen LogP contribution in [0, 0.1) is 18.3 Å². The van der Waals surface area contributed by atoms with Crippen molar-refractivity contribution < 1.29 is 41.0 Å². The summed E-state index contributed by atoms with van der Waals surface area (Å²) in [5.74, 6) is 3.06. The average Bonchev–Trinajstić information content (AvgIpc) is 1.67. The smallest absolute Gasteiger partial charge is 0.410 e. The number of benzene rings is 3. The molecule has 484 valence electrons. The van der Waals surface area contributed by atoms with Crippen LogP contribution >= 0.6 is 0 Å². The maximum Gasteiger partial charge on any atom is 0.410 e. The molecule has 3 aromatic rings. The van der Waals surface area contributed by atoms with Crippen LogP contribution in [0.4, 0.5) is 14.4 Å². The van der Waals surface area contributed by atoms with Gasteiger partial charge in [-0.3, -0.25) is 9.59 Å². The summed E-state index contributed by atoms with van der Waals surface area (Å²) in [5, 5.41) is 6.35. The minimum Gasteiger partial charge on any atom is -0.450 e. The Hall–Kier alpha value is -6.15. The van der Waals surface area contributed by atoms with Gasteiger partial charge in [0.1, 0.15) is 0 Å². The zero-order chi connectivity index (χ0) is 61.9. The van der Waals surface area contributed by atoms with E-state index in [-0.39, 0.29) is 62.5 Å². The monoisotopic (exact) mass is 1220 g/mol. The highest BCUT2D eigenvalue weighted by molar-refractivity contribution is 5.74. The van der Waals surface area contributed by atoms with E-state index in [1.165, 1.54) is 61.0 Å². The van der Waals surface area contributed by atoms with Crippen LogP contribution in [0.25, 0.3) is 0 Å². The molecule has 3 aromatic carbocycles. The van der Waals surface area contributed by atoms with Gasteiger partial charge in [0.25, 0.3) is 0 Å². The van der Waals surface area contributed by atoms with Gasteiger partial charge in [-0.15, -0.1) is 6.42 Å². The number of terminal acetylenes is 1. The van der Waals surface area contributed by atoms with Crippen LogP contribution in [-0.2, 0) is 46.5 Å². The molecule has 0 saturated carbocycles. The first-order chi connectivity index (χ1) is 43.2. The third-order valence-corrected chi connectivity index (χ3v) is 23.6. The van der Waals surface area contributed by atoms with Crippen molar-refractivity contribution in [2.75, 3.05) is 78.7 Å². The van der Waals surface area contributed by atoms with Gasteiger partial charge in [0.15, 0.2) is 6.61 Å². The Morgan fingerprint density at radius 1 is 0.517 bits per heavy atom. The normalized spacial score (nSPS) is 28.7. The fourth-order valence-corrected chi connectivity index (χ4v) is 19.3. The van der Waals surface area contributed by atoms with E-state index in [9.17, 15) is 24.0 Å². The Labute approximate surface area is 532 Å². The van der Waals surface area contributed by atoms with Crippen molar-refractivity contribution in [3.63, 3.8) is 0 Å². The number of hydrogen-bond donors (Lipinski definition) is 2. The van der Waals surface area contributed by atoms with Crippen LogP contribution in [0.5, 0.6) is 0 Å². The van der Waals surface area contributed by atoms with E-state index in [1.807, 2.05) is 18.7 Å². The fraction of sp³-hybridized carbons (Fsp3) is 0.658. The molecule has 14 rings (SSSR count). The van der Waals surface area contributed by atoms with Crippen LogP contribution in [0.1, 0.15) is 198 Å². The Bertz CT molecular complexity index is 3030. The molecule has 8 fully saturated rings. The minimum absolute atomic E-state index is 0. The largest absolute Gasteiger partial charge is 0.450 e. The molecular weight excluding hydrogens is 1120 g/mol. The third kappa shape index (κ3) is 13.2. The molecule has 11 aliphatic rings. The lowest BCUT2D eigenvalue weighted by Crippen LogP contribution is -2.55. The molecule has 2 N–H and O–H groups in total. The van der Waals surface area contributed by atoms with Gasteiger partial charge >= 0.3 is 18.3 Å². The summed E-state index contributed by atoms with van der Waals surface area (Å²) in [6.45, 7) is 17.4. The number of ether oxygens (including phenoxy) is 3. The number of carbonyl (C=O) groups excluding carboxylic acids is 5.